The van der Waals surface area contributed by atoms with E-state index in [2.05, 4.69) is 31.8 Å². The Hall–Kier alpha value is -1.77. The predicted octanol–water partition coefficient (Wildman–Crippen LogP) is 2.88. The van der Waals surface area contributed by atoms with Crippen LogP contribution < -0.4 is 0 Å². The Bertz CT molecular complexity index is 481. The van der Waals surface area contributed by atoms with E-state index in [0.717, 1.165) is 11.3 Å². The molecule has 0 saturated heterocycles. The minimum atomic E-state index is 0.0219. The summed E-state index contributed by atoms with van der Waals surface area (Å²) in [4.78, 5) is 4.00. The van der Waals surface area contributed by atoms with Gasteiger partial charge in [-0.15, -0.1) is 0 Å². The van der Waals surface area contributed by atoms with E-state index in [1.165, 1.54) is 0 Å². The van der Waals surface area contributed by atoms with Gasteiger partial charge in [-0.2, -0.15) is 0 Å². The van der Waals surface area contributed by atoms with Crippen molar-refractivity contribution in [1.82, 2.24) is 9.55 Å². The van der Waals surface area contributed by atoms with Crippen molar-refractivity contribution in [3.05, 3.63) is 42.5 Å². The summed E-state index contributed by atoms with van der Waals surface area (Å²) in [7, 11) is 0. The number of nitrogens with zero attached hydrogens (tertiary/aromatic N) is 2. The fourth-order valence-electron chi connectivity index (χ4n) is 1.59. The van der Waals surface area contributed by atoms with Crippen LogP contribution >= 0.6 is 0 Å². The Balaban J connectivity index is 2.53. The Morgan fingerprint density at radius 2 is 1.94 bits per heavy atom. The largest absolute Gasteiger partial charge is 0.508 e. The molecule has 0 fully saturated rings. The maximum absolute atomic E-state index is 9.72. The van der Waals surface area contributed by atoms with Crippen LogP contribution in [0.2, 0.25) is 0 Å². The second kappa shape index (κ2) is 3.67. The summed E-state index contributed by atoms with van der Waals surface area (Å²) in [6.45, 7) is 6.37. The number of phenols is 1. The molecule has 0 aliphatic heterocycles. The summed E-state index contributed by atoms with van der Waals surface area (Å²) in [5, 5.41) is 9.72. The molecule has 0 saturated carbocycles. The van der Waals surface area contributed by atoms with Gasteiger partial charge >= 0.3 is 0 Å². The summed E-state index contributed by atoms with van der Waals surface area (Å²) in [6, 6.07) is 5.61. The number of benzene rings is 1. The van der Waals surface area contributed by atoms with Crippen molar-refractivity contribution in [2.75, 3.05) is 0 Å². The highest BCUT2D eigenvalue weighted by Crippen LogP contribution is 2.28. The molecule has 0 spiro atoms. The lowest BCUT2D eigenvalue weighted by Crippen LogP contribution is -2.11. The quantitative estimate of drug-likeness (QED) is 0.796. The first-order valence-electron chi connectivity index (χ1n) is 5.30. The number of hydrogen-bond donors (Lipinski definition) is 1. The molecule has 0 amide bonds. The van der Waals surface area contributed by atoms with Crippen LogP contribution in [0.3, 0.4) is 0 Å². The zero-order valence-corrected chi connectivity index (χ0v) is 9.81. The maximum atomic E-state index is 9.72. The standard InChI is InChI=1S/C13H16N2O/c1-13(2,3)10-6-11(8-12(16)7-10)15-5-4-14-9-15/h4-9,16H,1-3H3. The number of aromatic hydroxyl groups is 1. The second-order valence-corrected chi connectivity index (χ2v) is 4.96. The maximum Gasteiger partial charge on any atom is 0.117 e. The zero-order chi connectivity index (χ0) is 11.8. The molecular formula is C13H16N2O. The molecule has 0 unspecified atom stereocenters. The van der Waals surface area contributed by atoms with E-state index in [1.807, 2.05) is 10.8 Å². The molecule has 0 radical (unpaired) electrons. The lowest BCUT2D eigenvalue weighted by Gasteiger charge is -2.20. The van der Waals surface area contributed by atoms with Crippen LogP contribution in [0.1, 0.15) is 26.3 Å². The third-order valence-electron chi connectivity index (χ3n) is 2.57. The Kier molecular flexibility index (Phi) is 2.46. The monoisotopic (exact) mass is 216 g/mol. The molecule has 0 aliphatic rings. The van der Waals surface area contributed by atoms with Crippen molar-refractivity contribution in [1.29, 1.82) is 0 Å². The summed E-state index contributed by atoms with van der Waals surface area (Å²) < 4.78 is 1.88. The number of phenolic OH excluding ortho intramolecular Hbond substituents is 1. The van der Waals surface area contributed by atoms with Gasteiger partial charge in [0, 0.05) is 18.5 Å². The number of aromatic nitrogens is 2. The van der Waals surface area contributed by atoms with Gasteiger partial charge in [-0.25, -0.2) is 4.98 Å². The fraction of sp³-hybridized carbons (Fsp3) is 0.308. The summed E-state index contributed by atoms with van der Waals surface area (Å²) >= 11 is 0. The van der Waals surface area contributed by atoms with Gasteiger partial charge in [0.2, 0.25) is 0 Å². The lowest BCUT2D eigenvalue weighted by atomic mass is 9.86. The van der Waals surface area contributed by atoms with Crippen molar-refractivity contribution < 1.29 is 5.11 Å². The Labute approximate surface area is 95.4 Å². The van der Waals surface area contributed by atoms with Gasteiger partial charge in [0.15, 0.2) is 0 Å². The Morgan fingerprint density at radius 3 is 2.50 bits per heavy atom. The Morgan fingerprint density at radius 1 is 1.19 bits per heavy atom. The first-order chi connectivity index (χ1) is 7.47. The molecule has 1 aromatic heterocycles. The van der Waals surface area contributed by atoms with Gasteiger partial charge in [-0.05, 0) is 23.1 Å². The van der Waals surface area contributed by atoms with Crippen molar-refractivity contribution in [3.63, 3.8) is 0 Å². The molecule has 2 rings (SSSR count). The first kappa shape index (κ1) is 10.7. The molecule has 1 N–H and O–H groups in total. The highest BCUT2D eigenvalue weighted by molar-refractivity contribution is 5.44. The topological polar surface area (TPSA) is 38.0 Å². The average molecular weight is 216 g/mol. The van der Waals surface area contributed by atoms with Crippen LogP contribution in [0.15, 0.2) is 36.9 Å². The van der Waals surface area contributed by atoms with Crippen LogP contribution in [0.5, 0.6) is 5.75 Å². The molecule has 0 aliphatic carbocycles. The first-order valence-corrected chi connectivity index (χ1v) is 5.30. The third kappa shape index (κ3) is 2.08. The minimum Gasteiger partial charge on any atom is -0.508 e. The van der Waals surface area contributed by atoms with Crippen molar-refractivity contribution in [2.45, 2.75) is 26.2 Å². The van der Waals surface area contributed by atoms with Crippen molar-refractivity contribution >= 4 is 0 Å². The SMILES string of the molecule is CC(C)(C)c1cc(O)cc(-n2ccnc2)c1. The van der Waals surface area contributed by atoms with Crippen LogP contribution in [-0.2, 0) is 5.41 Å². The number of imidazole rings is 1. The molecule has 3 nitrogen and oxygen atoms in total. The summed E-state index contributed by atoms with van der Waals surface area (Å²) in [5.74, 6) is 0.288. The highest BCUT2D eigenvalue weighted by Gasteiger charge is 2.15. The van der Waals surface area contributed by atoms with Gasteiger partial charge in [0.1, 0.15) is 5.75 Å². The number of rotatable bonds is 1. The molecule has 2 aromatic rings. The molecule has 0 bridgehead atoms. The van der Waals surface area contributed by atoms with Crippen LogP contribution in [0.4, 0.5) is 0 Å². The summed E-state index contributed by atoms with van der Waals surface area (Å²) in [5.41, 5.74) is 2.06. The smallest absolute Gasteiger partial charge is 0.117 e. The predicted molar refractivity (Wildman–Crippen MR) is 63.9 cm³/mol. The van der Waals surface area contributed by atoms with Crippen LogP contribution in [-0.4, -0.2) is 14.7 Å². The summed E-state index contributed by atoms with van der Waals surface area (Å²) in [6.07, 6.45) is 5.31. The molecule has 3 heteroatoms. The molecule has 1 aromatic carbocycles. The van der Waals surface area contributed by atoms with Crippen molar-refractivity contribution in [2.24, 2.45) is 0 Å². The fourth-order valence-corrected chi connectivity index (χ4v) is 1.59. The van der Waals surface area contributed by atoms with Crippen LogP contribution in [0, 0.1) is 0 Å². The molecule has 1 heterocycles. The van der Waals surface area contributed by atoms with E-state index >= 15 is 0 Å². The molecule has 84 valence electrons. The number of hydrogen-bond acceptors (Lipinski definition) is 2. The van der Waals surface area contributed by atoms with E-state index < -0.39 is 0 Å². The zero-order valence-electron chi connectivity index (χ0n) is 9.81. The lowest BCUT2D eigenvalue weighted by molar-refractivity contribution is 0.470. The molecule has 0 atom stereocenters. The van der Waals surface area contributed by atoms with E-state index in [4.69, 9.17) is 0 Å². The normalized spacial score (nSPS) is 11.7. The molecule has 16 heavy (non-hydrogen) atoms. The van der Waals surface area contributed by atoms with Gasteiger partial charge in [0.25, 0.3) is 0 Å². The van der Waals surface area contributed by atoms with Gasteiger partial charge in [-0.1, -0.05) is 20.8 Å². The third-order valence-corrected chi connectivity index (χ3v) is 2.57. The molecular weight excluding hydrogens is 200 g/mol. The van der Waals surface area contributed by atoms with E-state index in [1.54, 1.807) is 24.7 Å². The van der Waals surface area contributed by atoms with Gasteiger partial charge in [-0.3, -0.25) is 0 Å². The van der Waals surface area contributed by atoms with E-state index in [-0.39, 0.29) is 11.2 Å². The average Bonchev–Trinajstić information content (AvgIpc) is 2.68. The van der Waals surface area contributed by atoms with E-state index in [0.29, 0.717) is 0 Å². The van der Waals surface area contributed by atoms with Crippen LogP contribution in [0.25, 0.3) is 5.69 Å². The van der Waals surface area contributed by atoms with Gasteiger partial charge < -0.3 is 9.67 Å². The van der Waals surface area contributed by atoms with E-state index in [9.17, 15) is 5.11 Å². The van der Waals surface area contributed by atoms with Gasteiger partial charge in [0.05, 0.1) is 12.0 Å². The van der Waals surface area contributed by atoms with Crippen molar-refractivity contribution in [3.8, 4) is 11.4 Å². The highest BCUT2D eigenvalue weighted by atomic mass is 16.3. The second-order valence-electron chi connectivity index (χ2n) is 4.96. The minimum absolute atomic E-state index is 0.0219.